The number of fused-ring (bicyclic) bond motifs is 4. The van der Waals surface area contributed by atoms with Crippen LogP contribution in [0.1, 0.15) is 5.56 Å². The lowest BCUT2D eigenvalue weighted by atomic mass is 9.99. The van der Waals surface area contributed by atoms with Crippen LogP contribution in [-0.2, 0) is 13.0 Å². The van der Waals surface area contributed by atoms with Gasteiger partial charge in [-0.15, -0.1) is 0 Å². The summed E-state index contributed by atoms with van der Waals surface area (Å²) < 4.78 is 12.5. The van der Waals surface area contributed by atoms with Gasteiger partial charge in [-0.2, -0.15) is 0 Å². The molecule has 0 saturated heterocycles. The van der Waals surface area contributed by atoms with E-state index in [4.69, 9.17) is 14.5 Å². The second-order valence-corrected chi connectivity index (χ2v) is 5.52. The predicted molar refractivity (Wildman–Crippen MR) is 88.2 cm³/mol. The summed E-state index contributed by atoms with van der Waals surface area (Å²) in [5, 5.41) is 0.653. The number of benzene rings is 2. The van der Waals surface area contributed by atoms with E-state index in [1.165, 1.54) is 0 Å². The molecular formula is C18H16N2O3. The second kappa shape index (κ2) is 5.12. The largest absolute Gasteiger partial charge is 0.493 e. The van der Waals surface area contributed by atoms with Gasteiger partial charge in [-0.1, -0.05) is 12.1 Å². The average molecular weight is 308 g/mol. The van der Waals surface area contributed by atoms with Crippen molar-refractivity contribution >= 4 is 10.9 Å². The molecule has 0 radical (unpaired) electrons. The lowest BCUT2D eigenvalue weighted by molar-refractivity contribution is 0.354. The van der Waals surface area contributed by atoms with Gasteiger partial charge in [-0.3, -0.25) is 9.36 Å². The number of methoxy groups -OCH3 is 2. The molecule has 23 heavy (non-hydrogen) atoms. The van der Waals surface area contributed by atoms with E-state index in [1.54, 1.807) is 18.8 Å². The molecule has 2 heterocycles. The molecule has 0 N–H and O–H groups in total. The zero-order chi connectivity index (χ0) is 16.0. The highest BCUT2D eigenvalue weighted by Crippen LogP contribution is 2.37. The number of hydrogen-bond donors (Lipinski definition) is 0. The molecule has 0 atom stereocenters. The van der Waals surface area contributed by atoms with Crippen molar-refractivity contribution in [1.82, 2.24) is 9.55 Å². The molecule has 0 amide bonds. The van der Waals surface area contributed by atoms with Crippen molar-refractivity contribution in [3.05, 3.63) is 52.3 Å². The number of aryl methyl sites for hydroxylation is 1. The van der Waals surface area contributed by atoms with Crippen molar-refractivity contribution in [2.75, 3.05) is 14.2 Å². The molecule has 0 unspecified atom stereocenters. The molecule has 1 aliphatic heterocycles. The van der Waals surface area contributed by atoms with E-state index < -0.39 is 0 Å². The minimum atomic E-state index is 0.00559. The first-order valence-corrected chi connectivity index (χ1v) is 7.48. The van der Waals surface area contributed by atoms with Crippen molar-refractivity contribution < 1.29 is 9.47 Å². The minimum absolute atomic E-state index is 0.00559. The molecule has 3 aromatic rings. The van der Waals surface area contributed by atoms with E-state index in [-0.39, 0.29) is 5.56 Å². The molecule has 4 rings (SSSR count). The number of aromatic nitrogens is 2. The van der Waals surface area contributed by atoms with E-state index in [2.05, 4.69) is 0 Å². The first-order valence-electron chi connectivity index (χ1n) is 7.48. The third-order valence-electron chi connectivity index (χ3n) is 4.32. The van der Waals surface area contributed by atoms with Gasteiger partial charge in [0.15, 0.2) is 11.5 Å². The predicted octanol–water partition coefficient (Wildman–Crippen LogP) is 2.64. The summed E-state index contributed by atoms with van der Waals surface area (Å²) in [6, 6.07) is 11.3. The summed E-state index contributed by atoms with van der Waals surface area (Å²) in [6.45, 7) is 0.620. The maximum atomic E-state index is 12.7. The summed E-state index contributed by atoms with van der Waals surface area (Å²) in [5.41, 5.74) is 2.76. The molecule has 116 valence electrons. The first-order chi connectivity index (χ1) is 11.2. The molecule has 1 aromatic heterocycles. The standard InChI is InChI=1S/C18H16N2O3/c1-22-15-9-11-7-8-20-17(13(11)10-16(15)23-2)19-14-6-4-3-5-12(14)18(20)21/h3-6,9-10H,7-8H2,1-2H3. The van der Waals surface area contributed by atoms with E-state index in [9.17, 15) is 4.79 Å². The summed E-state index contributed by atoms with van der Waals surface area (Å²) in [6.07, 6.45) is 0.766. The van der Waals surface area contributed by atoms with Crippen LogP contribution in [0.25, 0.3) is 22.3 Å². The molecular weight excluding hydrogens is 292 g/mol. The molecule has 0 aliphatic carbocycles. The lowest BCUT2D eigenvalue weighted by Crippen LogP contribution is -2.27. The Morgan fingerprint density at radius 1 is 1.09 bits per heavy atom. The number of nitrogens with zero attached hydrogens (tertiary/aromatic N) is 2. The smallest absolute Gasteiger partial charge is 0.261 e. The van der Waals surface area contributed by atoms with Crippen LogP contribution in [0, 0.1) is 0 Å². The van der Waals surface area contributed by atoms with Crippen LogP contribution in [0.2, 0.25) is 0 Å². The first kappa shape index (κ1) is 13.8. The highest BCUT2D eigenvalue weighted by Gasteiger charge is 2.22. The number of para-hydroxylation sites is 1. The van der Waals surface area contributed by atoms with Crippen molar-refractivity contribution in [2.45, 2.75) is 13.0 Å². The van der Waals surface area contributed by atoms with Gasteiger partial charge in [-0.25, -0.2) is 4.98 Å². The van der Waals surface area contributed by atoms with Crippen molar-refractivity contribution in [3.63, 3.8) is 0 Å². The minimum Gasteiger partial charge on any atom is -0.493 e. The average Bonchev–Trinajstić information content (AvgIpc) is 2.60. The normalized spacial score (nSPS) is 12.6. The van der Waals surface area contributed by atoms with Gasteiger partial charge in [0.1, 0.15) is 5.82 Å². The Kier molecular flexibility index (Phi) is 3.08. The Balaban J connectivity index is 2.04. The van der Waals surface area contributed by atoms with Gasteiger partial charge in [0, 0.05) is 12.1 Å². The summed E-state index contributed by atoms with van der Waals surface area (Å²) in [5.74, 6) is 2.03. The maximum absolute atomic E-state index is 12.7. The van der Waals surface area contributed by atoms with Crippen molar-refractivity contribution in [3.8, 4) is 22.9 Å². The van der Waals surface area contributed by atoms with Crippen LogP contribution in [0.4, 0.5) is 0 Å². The quantitative estimate of drug-likeness (QED) is 0.730. The topological polar surface area (TPSA) is 53.4 Å². The van der Waals surface area contributed by atoms with Crippen LogP contribution >= 0.6 is 0 Å². The van der Waals surface area contributed by atoms with Crippen LogP contribution in [-0.4, -0.2) is 23.8 Å². The van der Waals surface area contributed by atoms with E-state index in [1.807, 2.05) is 36.4 Å². The molecule has 0 spiro atoms. The summed E-state index contributed by atoms with van der Waals surface area (Å²) >= 11 is 0. The fourth-order valence-corrected chi connectivity index (χ4v) is 3.15. The highest BCUT2D eigenvalue weighted by molar-refractivity contribution is 5.81. The fourth-order valence-electron chi connectivity index (χ4n) is 3.15. The highest BCUT2D eigenvalue weighted by atomic mass is 16.5. The SMILES string of the molecule is COc1cc2c(cc1OC)-c1nc3ccccc3c(=O)n1CC2. The van der Waals surface area contributed by atoms with Crippen molar-refractivity contribution in [1.29, 1.82) is 0 Å². The third kappa shape index (κ3) is 2.00. The Morgan fingerprint density at radius 3 is 2.61 bits per heavy atom. The Morgan fingerprint density at radius 2 is 1.83 bits per heavy atom. The molecule has 0 bridgehead atoms. The van der Waals surface area contributed by atoms with Crippen LogP contribution in [0.15, 0.2) is 41.2 Å². The number of rotatable bonds is 2. The third-order valence-corrected chi connectivity index (χ3v) is 4.32. The number of hydrogen-bond acceptors (Lipinski definition) is 4. The van der Waals surface area contributed by atoms with E-state index in [0.717, 1.165) is 17.5 Å². The van der Waals surface area contributed by atoms with Crippen LogP contribution in [0.3, 0.4) is 0 Å². The van der Waals surface area contributed by atoms with Gasteiger partial charge in [0.05, 0.1) is 25.1 Å². The molecule has 0 fully saturated rings. The van der Waals surface area contributed by atoms with E-state index in [0.29, 0.717) is 34.8 Å². The van der Waals surface area contributed by atoms with Crippen molar-refractivity contribution in [2.24, 2.45) is 0 Å². The molecule has 1 aliphatic rings. The number of ether oxygens (including phenoxy) is 2. The molecule has 5 heteroatoms. The van der Waals surface area contributed by atoms with Crippen LogP contribution in [0.5, 0.6) is 11.5 Å². The van der Waals surface area contributed by atoms with Gasteiger partial charge >= 0.3 is 0 Å². The molecule has 2 aromatic carbocycles. The molecule has 5 nitrogen and oxygen atoms in total. The Hall–Kier alpha value is -2.82. The second-order valence-electron chi connectivity index (χ2n) is 5.52. The van der Waals surface area contributed by atoms with Crippen LogP contribution < -0.4 is 15.0 Å². The van der Waals surface area contributed by atoms with Gasteiger partial charge in [0.25, 0.3) is 5.56 Å². The Bertz CT molecular complexity index is 976. The van der Waals surface area contributed by atoms with Gasteiger partial charge in [-0.05, 0) is 36.2 Å². The monoisotopic (exact) mass is 308 g/mol. The van der Waals surface area contributed by atoms with E-state index >= 15 is 0 Å². The fraction of sp³-hybridized carbons (Fsp3) is 0.222. The van der Waals surface area contributed by atoms with Gasteiger partial charge < -0.3 is 9.47 Å². The van der Waals surface area contributed by atoms with Gasteiger partial charge in [0.2, 0.25) is 0 Å². The zero-order valence-corrected chi connectivity index (χ0v) is 13.0. The maximum Gasteiger partial charge on any atom is 0.261 e. The summed E-state index contributed by atoms with van der Waals surface area (Å²) in [7, 11) is 3.23. The lowest BCUT2D eigenvalue weighted by Gasteiger charge is -2.22. The Labute approximate surface area is 133 Å². The summed E-state index contributed by atoms with van der Waals surface area (Å²) in [4.78, 5) is 17.4. The zero-order valence-electron chi connectivity index (χ0n) is 13.0. The molecule has 0 saturated carbocycles.